The van der Waals surface area contributed by atoms with Gasteiger partial charge in [0.05, 0.1) is 12.6 Å². The average Bonchev–Trinajstić information content (AvgIpc) is 2.84. The van der Waals surface area contributed by atoms with Crippen molar-refractivity contribution >= 4 is 17.6 Å². The standard InChI is InChI=1S/C13H13NOS/c15-10-13(11-5-2-1-3-6-11)14-9-12-7-4-8-16-12/h1-9,13,15H,10H2/t13-/m0/s1. The third-order valence-corrected chi connectivity index (χ3v) is 3.09. The SMILES string of the molecule is OC[C@H](N=Cc1cccs1)c1ccccc1. The van der Waals surface area contributed by atoms with Gasteiger partial charge in [0.25, 0.3) is 0 Å². The molecule has 0 fully saturated rings. The molecule has 0 saturated carbocycles. The Morgan fingerprint density at radius 1 is 1.19 bits per heavy atom. The summed E-state index contributed by atoms with van der Waals surface area (Å²) in [5.74, 6) is 0. The van der Waals surface area contributed by atoms with Crippen molar-refractivity contribution in [2.75, 3.05) is 6.61 Å². The van der Waals surface area contributed by atoms with E-state index >= 15 is 0 Å². The minimum absolute atomic E-state index is 0.0336. The normalized spacial score (nSPS) is 13.1. The van der Waals surface area contributed by atoms with Gasteiger partial charge in [0.2, 0.25) is 0 Å². The Bertz CT molecular complexity index is 436. The van der Waals surface area contributed by atoms with Gasteiger partial charge in [-0.15, -0.1) is 11.3 Å². The number of thiophene rings is 1. The van der Waals surface area contributed by atoms with Gasteiger partial charge in [-0.1, -0.05) is 36.4 Å². The van der Waals surface area contributed by atoms with Gasteiger partial charge in [-0.25, -0.2) is 0 Å². The summed E-state index contributed by atoms with van der Waals surface area (Å²) in [6.45, 7) is 0.0336. The maximum Gasteiger partial charge on any atom is 0.0980 e. The summed E-state index contributed by atoms with van der Waals surface area (Å²) in [7, 11) is 0. The highest BCUT2D eigenvalue weighted by molar-refractivity contribution is 7.11. The van der Waals surface area contributed by atoms with Gasteiger partial charge in [-0.2, -0.15) is 0 Å². The van der Waals surface area contributed by atoms with Gasteiger partial charge in [-0.05, 0) is 17.0 Å². The fourth-order valence-electron chi connectivity index (χ4n) is 1.44. The summed E-state index contributed by atoms with van der Waals surface area (Å²) in [5, 5.41) is 11.3. The lowest BCUT2D eigenvalue weighted by Crippen LogP contribution is -2.01. The minimum atomic E-state index is -0.164. The molecule has 0 aliphatic rings. The van der Waals surface area contributed by atoms with Crippen molar-refractivity contribution in [2.24, 2.45) is 4.99 Å². The minimum Gasteiger partial charge on any atom is -0.394 e. The summed E-state index contributed by atoms with van der Waals surface area (Å²) >= 11 is 1.64. The molecular weight excluding hydrogens is 218 g/mol. The predicted molar refractivity (Wildman–Crippen MR) is 68.2 cm³/mol. The first-order valence-corrected chi connectivity index (χ1v) is 6.00. The van der Waals surface area contributed by atoms with Crippen LogP contribution in [-0.4, -0.2) is 17.9 Å². The maximum atomic E-state index is 9.30. The predicted octanol–water partition coefficient (Wildman–Crippen LogP) is 2.90. The fourth-order valence-corrected chi connectivity index (χ4v) is 2.04. The van der Waals surface area contributed by atoms with Crippen LogP contribution < -0.4 is 0 Å². The molecule has 2 nitrogen and oxygen atoms in total. The first-order chi connectivity index (χ1) is 7.90. The second-order valence-corrected chi connectivity index (χ2v) is 4.38. The Kier molecular flexibility index (Phi) is 3.86. The van der Waals surface area contributed by atoms with Crippen LogP contribution in [0.4, 0.5) is 0 Å². The van der Waals surface area contributed by atoms with Crippen LogP contribution in [0.2, 0.25) is 0 Å². The molecule has 1 aromatic heterocycles. The molecule has 1 heterocycles. The van der Waals surface area contributed by atoms with Gasteiger partial charge >= 0.3 is 0 Å². The summed E-state index contributed by atoms with van der Waals surface area (Å²) in [5.41, 5.74) is 1.04. The molecule has 1 aromatic carbocycles. The van der Waals surface area contributed by atoms with Gasteiger partial charge in [0.15, 0.2) is 0 Å². The van der Waals surface area contributed by atoms with Crippen LogP contribution in [0, 0.1) is 0 Å². The van der Waals surface area contributed by atoms with E-state index in [0.29, 0.717) is 0 Å². The second-order valence-electron chi connectivity index (χ2n) is 3.40. The maximum absolute atomic E-state index is 9.30. The van der Waals surface area contributed by atoms with Crippen molar-refractivity contribution in [1.82, 2.24) is 0 Å². The number of hydrogen-bond donors (Lipinski definition) is 1. The Morgan fingerprint density at radius 3 is 2.62 bits per heavy atom. The van der Waals surface area contributed by atoms with Crippen molar-refractivity contribution < 1.29 is 5.11 Å². The van der Waals surface area contributed by atoms with Crippen LogP contribution in [0.5, 0.6) is 0 Å². The van der Waals surface area contributed by atoms with Crippen LogP contribution in [0.15, 0.2) is 52.8 Å². The molecule has 0 bridgehead atoms. The van der Waals surface area contributed by atoms with E-state index in [1.807, 2.05) is 54.1 Å². The highest BCUT2D eigenvalue weighted by Crippen LogP contribution is 2.16. The number of aliphatic hydroxyl groups excluding tert-OH is 1. The Balaban J connectivity index is 2.12. The zero-order valence-electron chi connectivity index (χ0n) is 8.78. The molecule has 2 rings (SSSR count). The number of nitrogens with zero attached hydrogens (tertiary/aromatic N) is 1. The van der Waals surface area contributed by atoms with Crippen LogP contribution in [0.25, 0.3) is 0 Å². The van der Waals surface area contributed by atoms with Crippen molar-refractivity contribution in [1.29, 1.82) is 0 Å². The largest absolute Gasteiger partial charge is 0.394 e. The highest BCUT2D eigenvalue weighted by atomic mass is 32.1. The lowest BCUT2D eigenvalue weighted by Gasteiger charge is -2.08. The number of benzene rings is 1. The van der Waals surface area contributed by atoms with E-state index in [0.717, 1.165) is 10.4 Å². The Hall–Kier alpha value is -1.45. The molecule has 0 aliphatic carbocycles. The lowest BCUT2D eigenvalue weighted by atomic mass is 10.1. The summed E-state index contributed by atoms with van der Waals surface area (Å²) in [6.07, 6.45) is 1.82. The molecule has 0 amide bonds. The average molecular weight is 231 g/mol. The van der Waals surface area contributed by atoms with Gasteiger partial charge in [-0.3, -0.25) is 4.99 Å². The molecule has 0 unspecified atom stereocenters. The summed E-state index contributed by atoms with van der Waals surface area (Å²) in [4.78, 5) is 5.50. The van der Waals surface area contributed by atoms with Gasteiger partial charge in [0, 0.05) is 11.1 Å². The molecule has 0 aliphatic heterocycles. The number of aliphatic imine (C=N–C) groups is 1. The molecule has 16 heavy (non-hydrogen) atoms. The molecule has 0 saturated heterocycles. The number of rotatable bonds is 4. The number of hydrogen-bond acceptors (Lipinski definition) is 3. The summed E-state index contributed by atoms with van der Waals surface area (Å²) < 4.78 is 0. The van der Waals surface area contributed by atoms with Crippen molar-refractivity contribution in [3.63, 3.8) is 0 Å². The molecule has 0 radical (unpaired) electrons. The van der Waals surface area contributed by atoms with Crippen molar-refractivity contribution in [3.05, 3.63) is 58.3 Å². The van der Waals surface area contributed by atoms with E-state index < -0.39 is 0 Å². The van der Waals surface area contributed by atoms with E-state index in [1.54, 1.807) is 11.3 Å². The molecule has 82 valence electrons. The Labute approximate surface area is 98.9 Å². The van der Waals surface area contributed by atoms with Crippen LogP contribution in [0.1, 0.15) is 16.5 Å². The molecule has 0 spiro atoms. The molecular formula is C13H13NOS. The lowest BCUT2D eigenvalue weighted by molar-refractivity contribution is 0.269. The second kappa shape index (κ2) is 5.58. The van der Waals surface area contributed by atoms with E-state index in [1.165, 1.54) is 0 Å². The number of aliphatic hydroxyl groups is 1. The van der Waals surface area contributed by atoms with Crippen LogP contribution in [0.3, 0.4) is 0 Å². The third kappa shape index (κ3) is 2.78. The summed E-state index contributed by atoms with van der Waals surface area (Å²) in [6, 6.07) is 13.7. The first-order valence-electron chi connectivity index (χ1n) is 5.12. The van der Waals surface area contributed by atoms with Gasteiger partial charge < -0.3 is 5.11 Å². The van der Waals surface area contributed by atoms with E-state index in [-0.39, 0.29) is 12.6 Å². The zero-order chi connectivity index (χ0) is 11.2. The van der Waals surface area contributed by atoms with Gasteiger partial charge in [0.1, 0.15) is 0 Å². The fraction of sp³-hybridized carbons (Fsp3) is 0.154. The van der Waals surface area contributed by atoms with Crippen LogP contribution in [-0.2, 0) is 0 Å². The molecule has 3 heteroatoms. The Morgan fingerprint density at radius 2 is 2.00 bits per heavy atom. The smallest absolute Gasteiger partial charge is 0.0980 e. The van der Waals surface area contributed by atoms with Crippen LogP contribution >= 0.6 is 11.3 Å². The monoisotopic (exact) mass is 231 g/mol. The molecule has 1 N–H and O–H groups in total. The quantitative estimate of drug-likeness (QED) is 0.806. The highest BCUT2D eigenvalue weighted by Gasteiger charge is 2.06. The molecule has 2 aromatic rings. The zero-order valence-corrected chi connectivity index (χ0v) is 9.60. The molecule has 1 atom stereocenters. The first kappa shape index (κ1) is 11.0. The van der Waals surface area contributed by atoms with Crippen molar-refractivity contribution in [2.45, 2.75) is 6.04 Å². The topological polar surface area (TPSA) is 32.6 Å². The van der Waals surface area contributed by atoms with E-state index in [9.17, 15) is 5.11 Å². The van der Waals surface area contributed by atoms with E-state index in [4.69, 9.17) is 0 Å². The third-order valence-electron chi connectivity index (χ3n) is 2.28. The van der Waals surface area contributed by atoms with Crippen molar-refractivity contribution in [3.8, 4) is 0 Å². The van der Waals surface area contributed by atoms with E-state index in [2.05, 4.69) is 4.99 Å².